The summed E-state index contributed by atoms with van der Waals surface area (Å²) in [7, 11) is 0. The van der Waals surface area contributed by atoms with Gasteiger partial charge in [0.05, 0.1) is 5.69 Å². The smallest absolute Gasteiger partial charge is 0.227 e. The van der Waals surface area contributed by atoms with Gasteiger partial charge >= 0.3 is 0 Å². The van der Waals surface area contributed by atoms with Gasteiger partial charge in [-0.15, -0.1) is 12.4 Å². The molecule has 0 spiro atoms. The first-order valence-corrected chi connectivity index (χ1v) is 7.71. The Kier molecular flexibility index (Phi) is 5.59. The van der Waals surface area contributed by atoms with Crippen molar-refractivity contribution in [2.24, 2.45) is 17.6 Å². The second-order valence-corrected chi connectivity index (χ2v) is 6.06. The summed E-state index contributed by atoms with van der Waals surface area (Å²) in [5.74, 6) is -0.760. The molecule has 7 heteroatoms. The van der Waals surface area contributed by atoms with Gasteiger partial charge in [-0.3, -0.25) is 9.59 Å². The molecule has 126 valence electrons. The van der Waals surface area contributed by atoms with Gasteiger partial charge in [0.2, 0.25) is 11.8 Å². The molecule has 0 saturated heterocycles. The van der Waals surface area contributed by atoms with Gasteiger partial charge in [-0.05, 0) is 49.4 Å². The molecule has 2 amide bonds. The lowest BCUT2D eigenvalue weighted by molar-refractivity contribution is -0.120. The van der Waals surface area contributed by atoms with Crippen molar-refractivity contribution in [3.05, 3.63) is 23.5 Å². The number of fused-ring (bicyclic) bond motifs is 1. The van der Waals surface area contributed by atoms with E-state index in [0.717, 1.165) is 24.8 Å². The Morgan fingerprint density at radius 2 is 2.13 bits per heavy atom. The molecule has 1 aromatic carbocycles. The van der Waals surface area contributed by atoms with Crippen LogP contribution in [0.1, 0.15) is 31.2 Å². The zero-order chi connectivity index (χ0) is 15.7. The van der Waals surface area contributed by atoms with E-state index in [0.29, 0.717) is 25.1 Å². The van der Waals surface area contributed by atoms with Crippen molar-refractivity contribution in [1.82, 2.24) is 0 Å². The topological polar surface area (TPSA) is 84.2 Å². The number of halogens is 2. The number of rotatable bonds is 3. The Hall–Kier alpha value is -1.66. The molecule has 2 atom stereocenters. The van der Waals surface area contributed by atoms with Gasteiger partial charge in [-0.1, -0.05) is 6.42 Å². The van der Waals surface area contributed by atoms with E-state index in [1.807, 2.05) is 0 Å². The summed E-state index contributed by atoms with van der Waals surface area (Å²) >= 11 is 0. The van der Waals surface area contributed by atoms with Crippen molar-refractivity contribution < 1.29 is 14.0 Å². The van der Waals surface area contributed by atoms with Crippen LogP contribution in [-0.2, 0) is 16.0 Å². The molecule has 1 fully saturated rings. The molecule has 4 N–H and O–H groups in total. The van der Waals surface area contributed by atoms with Gasteiger partial charge in [0.1, 0.15) is 5.82 Å². The van der Waals surface area contributed by atoms with Gasteiger partial charge in [0, 0.05) is 18.0 Å². The molecule has 0 bridgehead atoms. The average molecular weight is 342 g/mol. The molecule has 0 unspecified atom stereocenters. The van der Waals surface area contributed by atoms with Gasteiger partial charge < -0.3 is 16.4 Å². The van der Waals surface area contributed by atoms with Crippen LogP contribution < -0.4 is 16.4 Å². The minimum absolute atomic E-state index is 0. The number of hydrogen-bond donors (Lipinski definition) is 3. The standard InChI is InChI=1S/C16H20FN3O2.ClH/c17-12-7-13-9(4-5-15(21)19-13)6-14(12)20-16(22)11-3-1-2-10(11)8-18;/h6-7,10-11H,1-5,8,18H2,(H,19,21)(H,20,22);1H/t10-,11-;/m1./s1. The molecule has 1 aliphatic carbocycles. The highest BCUT2D eigenvalue weighted by atomic mass is 35.5. The van der Waals surface area contributed by atoms with Crippen LogP contribution in [0.4, 0.5) is 15.8 Å². The maximum Gasteiger partial charge on any atom is 0.227 e. The first kappa shape index (κ1) is 17.7. The second-order valence-electron chi connectivity index (χ2n) is 6.06. The van der Waals surface area contributed by atoms with Crippen molar-refractivity contribution in [1.29, 1.82) is 0 Å². The number of hydrogen-bond acceptors (Lipinski definition) is 3. The molecule has 2 aliphatic rings. The number of carbonyl (C=O) groups is 2. The Morgan fingerprint density at radius 3 is 2.87 bits per heavy atom. The lowest BCUT2D eigenvalue weighted by Gasteiger charge is -2.20. The molecular weight excluding hydrogens is 321 g/mol. The number of amides is 2. The van der Waals surface area contributed by atoms with E-state index in [-0.39, 0.29) is 41.7 Å². The van der Waals surface area contributed by atoms with Crippen LogP contribution in [0.25, 0.3) is 0 Å². The molecule has 23 heavy (non-hydrogen) atoms. The van der Waals surface area contributed by atoms with Crippen LogP contribution >= 0.6 is 12.4 Å². The van der Waals surface area contributed by atoms with Crippen LogP contribution in [0, 0.1) is 17.7 Å². The average Bonchev–Trinajstić information content (AvgIpc) is 2.97. The number of aryl methyl sites for hydroxylation is 1. The van der Waals surface area contributed by atoms with Gasteiger partial charge in [0.25, 0.3) is 0 Å². The predicted octanol–water partition coefficient (Wildman–Crippen LogP) is 2.45. The van der Waals surface area contributed by atoms with E-state index in [1.54, 1.807) is 6.07 Å². The van der Waals surface area contributed by atoms with Crippen LogP contribution in [0.15, 0.2) is 12.1 Å². The summed E-state index contributed by atoms with van der Waals surface area (Å²) in [6.07, 6.45) is 3.67. The van der Waals surface area contributed by atoms with Crippen molar-refractivity contribution in [3.63, 3.8) is 0 Å². The summed E-state index contributed by atoms with van der Waals surface area (Å²) in [6, 6.07) is 2.89. The number of nitrogens with two attached hydrogens (primary N) is 1. The second kappa shape index (κ2) is 7.27. The fourth-order valence-electron chi connectivity index (χ4n) is 3.39. The first-order valence-electron chi connectivity index (χ1n) is 7.71. The van der Waals surface area contributed by atoms with Crippen LogP contribution in [0.3, 0.4) is 0 Å². The summed E-state index contributed by atoms with van der Waals surface area (Å²) in [4.78, 5) is 23.7. The van der Waals surface area contributed by atoms with E-state index in [9.17, 15) is 14.0 Å². The zero-order valence-electron chi connectivity index (χ0n) is 12.7. The Labute approximate surface area is 140 Å². The fraction of sp³-hybridized carbons (Fsp3) is 0.500. The largest absolute Gasteiger partial charge is 0.330 e. The fourth-order valence-corrected chi connectivity index (χ4v) is 3.39. The Balaban J connectivity index is 0.00000192. The molecule has 1 heterocycles. The molecule has 1 aromatic rings. The third kappa shape index (κ3) is 3.64. The van der Waals surface area contributed by atoms with Crippen molar-refractivity contribution in [3.8, 4) is 0 Å². The van der Waals surface area contributed by atoms with Crippen LogP contribution in [-0.4, -0.2) is 18.4 Å². The lowest BCUT2D eigenvalue weighted by atomic mass is 9.95. The SMILES string of the molecule is Cl.NC[C@H]1CCC[C@H]1C(=O)Nc1cc2c(cc1F)NC(=O)CC2. The summed E-state index contributed by atoms with van der Waals surface area (Å²) in [5, 5.41) is 5.34. The minimum Gasteiger partial charge on any atom is -0.330 e. The van der Waals surface area contributed by atoms with E-state index in [4.69, 9.17) is 5.73 Å². The van der Waals surface area contributed by atoms with Gasteiger partial charge in [0.15, 0.2) is 0 Å². The first-order chi connectivity index (χ1) is 10.6. The number of carbonyl (C=O) groups excluding carboxylic acids is 2. The van der Waals surface area contributed by atoms with Gasteiger partial charge in [-0.2, -0.15) is 0 Å². The highest BCUT2D eigenvalue weighted by molar-refractivity contribution is 5.96. The monoisotopic (exact) mass is 341 g/mol. The van der Waals surface area contributed by atoms with Crippen molar-refractivity contribution >= 4 is 35.6 Å². The highest BCUT2D eigenvalue weighted by Gasteiger charge is 2.32. The molecule has 1 aliphatic heterocycles. The lowest BCUT2D eigenvalue weighted by Crippen LogP contribution is -2.30. The zero-order valence-corrected chi connectivity index (χ0v) is 13.5. The predicted molar refractivity (Wildman–Crippen MR) is 89.1 cm³/mol. The highest BCUT2D eigenvalue weighted by Crippen LogP contribution is 2.33. The summed E-state index contributed by atoms with van der Waals surface area (Å²) in [6.45, 7) is 0.483. The molecule has 5 nitrogen and oxygen atoms in total. The minimum atomic E-state index is -0.531. The third-order valence-electron chi connectivity index (χ3n) is 4.64. The molecule has 3 rings (SSSR count). The summed E-state index contributed by atoms with van der Waals surface area (Å²) in [5.41, 5.74) is 7.22. The Bertz CT molecular complexity index is 624. The van der Waals surface area contributed by atoms with E-state index < -0.39 is 5.82 Å². The maximum atomic E-state index is 14.1. The van der Waals surface area contributed by atoms with E-state index in [2.05, 4.69) is 10.6 Å². The van der Waals surface area contributed by atoms with E-state index >= 15 is 0 Å². The normalized spacial score (nSPS) is 22.8. The summed E-state index contributed by atoms with van der Waals surface area (Å²) < 4.78 is 14.1. The number of benzene rings is 1. The molecule has 0 aromatic heterocycles. The van der Waals surface area contributed by atoms with Crippen LogP contribution in [0.2, 0.25) is 0 Å². The number of nitrogens with one attached hydrogen (secondary N) is 2. The molecular formula is C16H21ClFN3O2. The van der Waals surface area contributed by atoms with Crippen LogP contribution in [0.5, 0.6) is 0 Å². The molecule has 0 radical (unpaired) electrons. The Morgan fingerprint density at radius 1 is 1.35 bits per heavy atom. The quantitative estimate of drug-likeness (QED) is 0.789. The van der Waals surface area contributed by atoms with Crippen molar-refractivity contribution in [2.75, 3.05) is 17.2 Å². The number of anilines is 2. The third-order valence-corrected chi connectivity index (χ3v) is 4.64. The van der Waals surface area contributed by atoms with E-state index in [1.165, 1.54) is 6.07 Å². The van der Waals surface area contributed by atoms with Crippen molar-refractivity contribution in [2.45, 2.75) is 32.1 Å². The maximum absolute atomic E-state index is 14.1. The van der Waals surface area contributed by atoms with Gasteiger partial charge in [-0.25, -0.2) is 4.39 Å². The molecule has 1 saturated carbocycles.